The van der Waals surface area contributed by atoms with E-state index in [0.29, 0.717) is 12.2 Å². The van der Waals surface area contributed by atoms with E-state index in [-0.39, 0.29) is 17.9 Å². The second-order valence-corrected chi connectivity index (χ2v) is 5.93. The number of nitrogens with one attached hydrogen (secondary N) is 1. The molecule has 0 spiro atoms. The van der Waals surface area contributed by atoms with Crippen molar-refractivity contribution in [3.8, 4) is 0 Å². The Labute approximate surface area is 124 Å². The number of fused-ring (bicyclic) bond motifs is 1. The molecule has 2 N–H and O–H groups in total. The van der Waals surface area contributed by atoms with E-state index in [1.807, 2.05) is 30.3 Å². The fourth-order valence-corrected chi connectivity index (χ4v) is 3.17. The quantitative estimate of drug-likeness (QED) is 0.907. The van der Waals surface area contributed by atoms with E-state index in [2.05, 4.69) is 10.3 Å². The van der Waals surface area contributed by atoms with Gasteiger partial charge in [-0.05, 0) is 24.3 Å². The SMILES string of the molecule is O=C(NCC1(CO)CCCC1)c1nccc2ccccc12. The summed E-state index contributed by atoms with van der Waals surface area (Å²) in [5, 5.41) is 14.4. The molecule has 1 heterocycles. The molecule has 4 heteroatoms. The van der Waals surface area contributed by atoms with Crippen molar-refractivity contribution >= 4 is 16.7 Å². The highest BCUT2D eigenvalue weighted by Gasteiger charge is 2.33. The summed E-state index contributed by atoms with van der Waals surface area (Å²) in [7, 11) is 0. The molecule has 0 aliphatic heterocycles. The molecule has 1 aliphatic carbocycles. The van der Waals surface area contributed by atoms with Gasteiger partial charge in [0.2, 0.25) is 0 Å². The Morgan fingerprint density at radius 3 is 2.76 bits per heavy atom. The van der Waals surface area contributed by atoms with E-state index >= 15 is 0 Å². The number of carbonyl (C=O) groups excluding carboxylic acids is 1. The van der Waals surface area contributed by atoms with Gasteiger partial charge in [0.25, 0.3) is 5.91 Å². The van der Waals surface area contributed by atoms with Crippen LogP contribution in [0.5, 0.6) is 0 Å². The van der Waals surface area contributed by atoms with Crippen molar-refractivity contribution < 1.29 is 9.90 Å². The third-order valence-corrected chi connectivity index (χ3v) is 4.51. The van der Waals surface area contributed by atoms with Crippen molar-refractivity contribution in [2.75, 3.05) is 13.2 Å². The number of rotatable bonds is 4. The molecule has 0 saturated heterocycles. The summed E-state index contributed by atoms with van der Waals surface area (Å²) < 4.78 is 0. The van der Waals surface area contributed by atoms with Gasteiger partial charge in [0.15, 0.2) is 0 Å². The van der Waals surface area contributed by atoms with Gasteiger partial charge in [0.05, 0.1) is 6.61 Å². The number of aromatic nitrogens is 1. The summed E-state index contributed by atoms with van der Waals surface area (Å²) in [5.74, 6) is -0.161. The maximum Gasteiger partial charge on any atom is 0.270 e. The van der Waals surface area contributed by atoms with E-state index in [9.17, 15) is 9.90 Å². The van der Waals surface area contributed by atoms with Gasteiger partial charge in [-0.3, -0.25) is 9.78 Å². The molecule has 1 aromatic heterocycles. The van der Waals surface area contributed by atoms with Gasteiger partial charge in [-0.15, -0.1) is 0 Å². The van der Waals surface area contributed by atoms with Crippen LogP contribution in [-0.2, 0) is 0 Å². The van der Waals surface area contributed by atoms with E-state index in [4.69, 9.17) is 0 Å². The standard InChI is InChI=1S/C17H20N2O2/c20-12-17(8-3-4-9-17)11-19-16(21)15-14-6-2-1-5-13(14)7-10-18-15/h1-2,5-7,10,20H,3-4,8-9,11-12H2,(H,19,21). The normalized spacial score (nSPS) is 17.0. The molecular weight excluding hydrogens is 264 g/mol. The Morgan fingerprint density at radius 2 is 2.00 bits per heavy atom. The maximum absolute atomic E-state index is 12.4. The topological polar surface area (TPSA) is 62.2 Å². The number of nitrogens with zero attached hydrogens (tertiary/aromatic N) is 1. The number of aliphatic hydroxyl groups excluding tert-OH is 1. The molecule has 110 valence electrons. The Bertz CT molecular complexity index is 643. The lowest BCUT2D eigenvalue weighted by atomic mass is 9.87. The number of aliphatic hydroxyl groups is 1. The Morgan fingerprint density at radius 1 is 1.24 bits per heavy atom. The predicted molar refractivity (Wildman–Crippen MR) is 82.1 cm³/mol. The number of carbonyl (C=O) groups is 1. The van der Waals surface area contributed by atoms with Crippen LogP contribution in [0.4, 0.5) is 0 Å². The average molecular weight is 284 g/mol. The highest BCUT2D eigenvalue weighted by Crippen LogP contribution is 2.36. The zero-order chi connectivity index (χ0) is 14.7. The minimum Gasteiger partial charge on any atom is -0.396 e. The molecule has 4 nitrogen and oxygen atoms in total. The minimum atomic E-state index is -0.161. The van der Waals surface area contributed by atoms with Gasteiger partial charge >= 0.3 is 0 Å². The van der Waals surface area contributed by atoms with Gasteiger partial charge in [-0.2, -0.15) is 0 Å². The Hall–Kier alpha value is -1.94. The molecule has 1 aliphatic rings. The molecule has 2 aromatic rings. The Kier molecular flexibility index (Phi) is 3.88. The lowest BCUT2D eigenvalue weighted by Crippen LogP contribution is -2.38. The first-order chi connectivity index (χ1) is 10.2. The van der Waals surface area contributed by atoms with Crippen LogP contribution in [0.3, 0.4) is 0 Å². The van der Waals surface area contributed by atoms with Gasteiger partial charge in [-0.1, -0.05) is 37.1 Å². The van der Waals surface area contributed by atoms with Crippen molar-refractivity contribution in [3.63, 3.8) is 0 Å². The van der Waals surface area contributed by atoms with Gasteiger partial charge in [-0.25, -0.2) is 0 Å². The molecular formula is C17H20N2O2. The highest BCUT2D eigenvalue weighted by molar-refractivity contribution is 6.05. The molecule has 0 radical (unpaired) electrons. The van der Waals surface area contributed by atoms with Crippen LogP contribution in [0.15, 0.2) is 36.5 Å². The lowest BCUT2D eigenvalue weighted by Gasteiger charge is -2.26. The van der Waals surface area contributed by atoms with Crippen molar-refractivity contribution in [3.05, 3.63) is 42.2 Å². The van der Waals surface area contributed by atoms with Crippen molar-refractivity contribution in [2.24, 2.45) is 5.41 Å². The molecule has 1 fully saturated rings. The predicted octanol–water partition coefficient (Wildman–Crippen LogP) is 2.52. The van der Waals surface area contributed by atoms with Crippen LogP contribution in [-0.4, -0.2) is 29.1 Å². The van der Waals surface area contributed by atoms with E-state index in [1.54, 1.807) is 6.20 Å². The first kappa shape index (κ1) is 14.0. The zero-order valence-corrected chi connectivity index (χ0v) is 12.0. The summed E-state index contributed by atoms with van der Waals surface area (Å²) in [6, 6.07) is 9.64. The average Bonchev–Trinajstić information content (AvgIpc) is 3.01. The van der Waals surface area contributed by atoms with Gasteiger partial charge in [0, 0.05) is 23.5 Å². The second kappa shape index (κ2) is 5.82. The number of hydrogen-bond donors (Lipinski definition) is 2. The lowest BCUT2D eigenvalue weighted by molar-refractivity contribution is 0.0877. The van der Waals surface area contributed by atoms with Crippen molar-refractivity contribution in [1.82, 2.24) is 10.3 Å². The number of hydrogen-bond acceptors (Lipinski definition) is 3. The first-order valence-electron chi connectivity index (χ1n) is 7.47. The van der Waals surface area contributed by atoms with Gasteiger partial charge in [0.1, 0.15) is 5.69 Å². The van der Waals surface area contributed by atoms with Crippen LogP contribution < -0.4 is 5.32 Å². The fourth-order valence-electron chi connectivity index (χ4n) is 3.17. The maximum atomic E-state index is 12.4. The largest absolute Gasteiger partial charge is 0.396 e. The number of benzene rings is 1. The summed E-state index contributed by atoms with van der Waals surface area (Å²) in [5.41, 5.74) is 0.319. The van der Waals surface area contributed by atoms with E-state index in [1.165, 1.54) is 0 Å². The van der Waals surface area contributed by atoms with Crippen LogP contribution in [0, 0.1) is 5.41 Å². The first-order valence-corrected chi connectivity index (χ1v) is 7.47. The molecule has 21 heavy (non-hydrogen) atoms. The third kappa shape index (κ3) is 2.76. The minimum absolute atomic E-state index is 0.135. The van der Waals surface area contributed by atoms with E-state index < -0.39 is 0 Å². The molecule has 0 atom stereocenters. The summed E-state index contributed by atoms with van der Waals surface area (Å²) in [4.78, 5) is 16.6. The zero-order valence-electron chi connectivity index (χ0n) is 12.0. The van der Waals surface area contributed by atoms with Crippen LogP contribution in [0.2, 0.25) is 0 Å². The van der Waals surface area contributed by atoms with Crippen LogP contribution >= 0.6 is 0 Å². The second-order valence-electron chi connectivity index (χ2n) is 5.93. The highest BCUT2D eigenvalue weighted by atomic mass is 16.3. The smallest absolute Gasteiger partial charge is 0.270 e. The number of amides is 1. The molecule has 1 amide bonds. The fraction of sp³-hybridized carbons (Fsp3) is 0.412. The number of pyridine rings is 1. The Balaban J connectivity index is 1.78. The van der Waals surface area contributed by atoms with Crippen molar-refractivity contribution in [1.29, 1.82) is 0 Å². The third-order valence-electron chi connectivity index (χ3n) is 4.51. The molecule has 1 aromatic carbocycles. The monoisotopic (exact) mass is 284 g/mol. The van der Waals surface area contributed by atoms with Crippen molar-refractivity contribution in [2.45, 2.75) is 25.7 Å². The summed E-state index contributed by atoms with van der Waals surface area (Å²) >= 11 is 0. The van der Waals surface area contributed by atoms with Gasteiger partial charge < -0.3 is 10.4 Å². The molecule has 1 saturated carbocycles. The van der Waals surface area contributed by atoms with E-state index in [0.717, 1.165) is 36.5 Å². The summed E-state index contributed by atoms with van der Waals surface area (Å²) in [6.07, 6.45) is 5.88. The molecule has 0 bridgehead atoms. The molecule has 3 rings (SSSR count). The van der Waals surface area contributed by atoms with Crippen LogP contribution in [0.25, 0.3) is 10.8 Å². The van der Waals surface area contributed by atoms with Crippen LogP contribution in [0.1, 0.15) is 36.2 Å². The summed E-state index contributed by atoms with van der Waals surface area (Å²) in [6.45, 7) is 0.656. The molecule has 0 unspecified atom stereocenters.